The zero-order valence-electron chi connectivity index (χ0n) is 28.2. The predicted molar refractivity (Wildman–Crippen MR) is 177 cm³/mol. The van der Waals surface area contributed by atoms with E-state index in [-0.39, 0.29) is 11.9 Å². The fraction of sp³-hybridized carbons (Fsp3) is 0.231. The molecular formula is C39H35N4O+. The lowest BCUT2D eigenvalue weighted by atomic mass is 9.80. The van der Waals surface area contributed by atoms with Crippen molar-refractivity contribution in [1.29, 1.82) is 0 Å². The first-order chi connectivity index (χ1) is 22.6. The molecule has 0 saturated heterocycles. The van der Waals surface area contributed by atoms with Gasteiger partial charge in [0.15, 0.2) is 17.9 Å². The summed E-state index contributed by atoms with van der Waals surface area (Å²) in [6.45, 7) is 6.76. The standard InChI is InChI=1S/C39H35N4O/c1-23(2)26-12-10-13-27(24(3)4)34(26)41-21-22-42-35-32(19-18-28-29-17-16-25(5)40-37(29)44-36(28)35)39(38(41)42)31-14-7-6-11-30(31)33-15-8-9-20-43(33)39/h6-24,38H,1-5H3/q+1/i5D3. The first-order valence-corrected chi connectivity index (χ1v) is 15.5. The van der Waals surface area contributed by atoms with E-state index in [9.17, 15) is 0 Å². The SMILES string of the molecule is [2H]C([2H])([2H])c1ccc2c(n1)oc1c3c(ccc12)C1(c2ccccc2-c2cccc[n+]21)C1N(c2c(C(C)C)cccc2C(C)C)C=CN31. The molecule has 0 saturated carbocycles. The van der Waals surface area contributed by atoms with E-state index in [4.69, 9.17) is 8.53 Å². The summed E-state index contributed by atoms with van der Waals surface area (Å²) in [6.07, 6.45) is 6.45. The normalized spacial score (nSPS) is 20.9. The second kappa shape index (κ2) is 8.82. The number of nitrogens with zero attached hydrogens (tertiary/aromatic N) is 4. The van der Waals surface area contributed by atoms with E-state index >= 15 is 0 Å². The fourth-order valence-electron chi connectivity index (χ4n) is 8.13. The summed E-state index contributed by atoms with van der Waals surface area (Å²) in [7, 11) is 0. The van der Waals surface area contributed by atoms with Gasteiger partial charge in [0.1, 0.15) is 0 Å². The summed E-state index contributed by atoms with van der Waals surface area (Å²) in [4.78, 5) is 9.37. The van der Waals surface area contributed by atoms with Crippen molar-refractivity contribution < 1.29 is 13.1 Å². The number of benzene rings is 3. The maximum Gasteiger partial charge on any atom is 0.261 e. The number of furan rings is 1. The molecule has 3 aliphatic heterocycles. The Morgan fingerprint density at radius 3 is 2.27 bits per heavy atom. The van der Waals surface area contributed by atoms with Crippen LogP contribution >= 0.6 is 0 Å². The highest BCUT2D eigenvalue weighted by Gasteiger charge is 2.68. The summed E-state index contributed by atoms with van der Waals surface area (Å²) in [5.74, 6) is 0.643. The van der Waals surface area contributed by atoms with Gasteiger partial charge in [-0.15, -0.1) is 0 Å². The molecule has 3 aliphatic rings. The van der Waals surface area contributed by atoms with E-state index in [0.717, 1.165) is 27.7 Å². The molecule has 5 heteroatoms. The fourth-order valence-corrected chi connectivity index (χ4v) is 8.13. The Bertz CT molecular complexity index is 2230. The van der Waals surface area contributed by atoms with E-state index in [0.29, 0.717) is 23.1 Å². The van der Waals surface area contributed by atoms with Crippen LogP contribution in [0.3, 0.4) is 0 Å². The highest BCUT2D eigenvalue weighted by molar-refractivity contribution is 6.10. The highest BCUT2D eigenvalue weighted by atomic mass is 16.3. The largest absolute Gasteiger partial charge is 0.435 e. The zero-order valence-corrected chi connectivity index (χ0v) is 25.2. The number of para-hydroxylation sites is 1. The third-order valence-electron chi connectivity index (χ3n) is 9.89. The molecule has 0 fully saturated rings. The number of hydrogen-bond acceptors (Lipinski definition) is 4. The smallest absolute Gasteiger partial charge is 0.261 e. The van der Waals surface area contributed by atoms with Crippen LogP contribution in [-0.2, 0) is 5.54 Å². The number of aromatic nitrogens is 2. The summed E-state index contributed by atoms with van der Waals surface area (Å²) in [5.41, 5.74) is 10.1. The molecule has 2 unspecified atom stereocenters. The Labute approximate surface area is 261 Å². The molecule has 44 heavy (non-hydrogen) atoms. The Kier molecular flexibility index (Phi) is 4.53. The topological polar surface area (TPSA) is 36.4 Å². The van der Waals surface area contributed by atoms with Gasteiger partial charge in [0.2, 0.25) is 11.4 Å². The van der Waals surface area contributed by atoms with Gasteiger partial charge in [-0.25, -0.2) is 4.98 Å². The average molecular weight is 579 g/mol. The highest BCUT2D eigenvalue weighted by Crippen LogP contribution is 2.59. The van der Waals surface area contributed by atoms with E-state index in [2.05, 4.69) is 138 Å². The number of hydrogen-bond donors (Lipinski definition) is 0. The number of aryl methyl sites for hydroxylation is 1. The second-order valence-corrected chi connectivity index (χ2v) is 12.8. The average Bonchev–Trinajstić information content (AvgIpc) is 3.79. The number of fused-ring (bicyclic) bond motifs is 14. The van der Waals surface area contributed by atoms with Crippen LogP contribution in [0.4, 0.5) is 11.4 Å². The number of anilines is 2. The monoisotopic (exact) mass is 578 g/mol. The van der Waals surface area contributed by atoms with Crippen LogP contribution in [0.25, 0.3) is 33.3 Å². The lowest BCUT2D eigenvalue weighted by Gasteiger charge is -2.38. The van der Waals surface area contributed by atoms with Crippen molar-refractivity contribution in [1.82, 2.24) is 4.98 Å². The molecule has 0 bridgehead atoms. The van der Waals surface area contributed by atoms with Crippen LogP contribution in [0.1, 0.15) is 71.6 Å². The van der Waals surface area contributed by atoms with Crippen LogP contribution in [0.15, 0.2) is 108 Å². The second-order valence-electron chi connectivity index (χ2n) is 12.8. The molecule has 1 spiro atoms. The van der Waals surface area contributed by atoms with Gasteiger partial charge in [-0.3, -0.25) is 0 Å². The van der Waals surface area contributed by atoms with Crippen LogP contribution in [-0.4, -0.2) is 11.1 Å². The minimum Gasteiger partial charge on any atom is -0.435 e. The summed E-state index contributed by atoms with van der Waals surface area (Å²) in [6, 6.07) is 29.7. The van der Waals surface area contributed by atoms with Crippen LogP contribution in [0, 0.1) is 6.85 Å². The van der Waals surface area contributed by atoms with Crippen molar-refractivity contribution >= 4 is 33.4 Å². The van der Waals surface area contributed by atoms with Gasteiger partial charge < -0.3 is 14.2 Å². The quantitative estimate of drug-likeness (QED) is 0.197. The zero-order chi connectivity index (χ0) is 32.4. The van der Waals surface area contributed by atoms with Crippen molar-refractivity contribution in [3.63, 3.8) is 0 Å². The molecule has 5 nitrogen and oxygen atoms in total. The molecule has 3 aromatic heterocycles. The summed E-state index contributed by atoms with van der Waals surface area (Å²) < 4.78 is 32.9. The minimum atomic E-state index is -2.33. The Morgan fingerprint density at radius 1 is 0.773 bits per heavy atom. The predicted octanol–water partition coefficient (Wildman–Crippen LogP) is 8.73. The van der Waals surface area contributed by atoms with Gasteiger partial charge in [0, 0.05) is 56.4 Å². The molecule has 0 amide bonds. The minimum absolute atomic E-state index is 0.0306. The number of pyridine rings is 2. The molecule has 0 aliphatic carbocycles. The molecule has 216 valence electrons. The van der Waals surface area contributed by atoms with Crippen LogP contribution in [0.5, 0.6) is 0 Å². The van der Waals surface area contributed by atoms with Gasteiger partial charge in [-0.1, -0.05) is 64.1 Å². The molecule has 9 rings (SSSR count). The molecule has 0 N–H and O–H groups in total. The molecule has 6 heterocycles. The maximum atomic E-state index is 7.95. The van der Waals surface area contributed by atoms with Gasteiger partial charge in [-0.2, -0.15) is 4.57 Å². The molecular weight excluding hydrogens is 540 g/mol. The third kappa shape index (κ3) is 3.04. The van der Waals surface area contributed by atoms with Crippen molar-refractivity contribution in [3.8, 4) is 11.3 Å². The molecule has 0 radical (unpaired) electrons. The van der Waals surface area contributed by atoms with Gasteiger partial charge in [-0.05, 0) is 66.2 Å². The third-order valence-corrected chi connectivity index (χ3v) is 9.89. The Balaban J connectivity index is 1.39. The lowest BCUT2D eigenvalue weighted by molar-refractivity contribution is -0.729. The van der Waals surface area contributed by atoms with E-state index < -0.39 is 12.4 Å². The first kappa shape index (κ1) is 22.6. The first-order valence-electron chi connectivity index (χ1n) is 17.0. The molecule has 6 aromatic rings. The van der Waals surface area contributed by atoms with Gasteiger partial charge in [0.05, 0.1) is 16.8 Å². The molecule has 2 atom stereocenters. The van der Waals surface area contributed by atoms with Gasteiger partial charge in [0.25, 0.3) is 5.54 Å². The van der Waals surface area contributed by atoms with Crippen molar-refractivity contribution in [2.75, 3.05) is 9.80 Å². The van der Waals surface area contributed by atoms with Crippen molar-refractivity contribution in [2.24, 2.45) is 0 Å². The molecule has 3 aromatic carbocycles. The Hall–Kier alpha value is -4.90. The van der Waals surface area contributed by atoms with Crippen molar-refractivity contribution in [3.05, 3.63) is 131 Å². The van der Waals surface area contributed by atoms with E-state index in [1.807, 2.05) is 6.07 Å². The summed E-state index contributed by atoms with van der Waals surface area (Å²) >= 11 is 0. The number of rotatable bonds is 3. The Morgan fingerprint density at radius 2 is 1.50 bits per heavy atom. The van der Waals surface area contributed by atoms with Crippen LogP contribution in [0.2, 0.25) is 0 Å². The van der Waals surface area contributed by atoms with Crippen molar-refractivity contribution in [2.45, 2.75) is 58.1 Å². The maximum absolute atomic E-state index is 7.95. The van der Waals surface area contributed by atoms with E-state index in [1.54, 1.807) is 6.07 Å². The van der Waals surface area contributed by atoms with Gasteiger partial charge >= 0.3 is 0 Å². The summed E-state index contributed by atoms with van der Waals surface area (Å²) in [5, 5.41) is 1.72. The lowest BCUT2D eigenvalue weighted by Crippen LogP contribution is -2.65. The van der Waals surface area contributed by atoms with Crippen LogP contribution < -0.4 is 14.4 Å². The van der Waals surface area contributed by atoms with E-state index in [1.165, 1.54) is 27.9 Å².